The van der Waals surface area contributed by atoms with Crippen LogP contribution in [0.2, 0.25) is 0 Å². The number of rotatable bonds is 6. The molecule has 3 nitrogen and oxygen atoms in total. The third-order valence-corrected chi connectivity index (χ3v) is 5.99. The Kier molecular flexibility index (Phi) is 6.31. The Bertz CT molecular complexity index is 1050. The number of benzene rings is 2. The number of ketones is 1. The summed E-state index contributed by atoms with van der Waals surface area (Å²) in [7, 11) is 0. The van der Waals surface area contributed by atoms with E-state index in [1.54, 1.807) is 13.0 Å². The average molecular weight is 432 g/mol. The number of hydrogen-bond acceptors (Lipinski definition) is 3. The van der Waals surface area contributed by atoms with Crippen LogP contribution in [0, 0.1) is 6.92 Å². The van der Waals surface area contributed by atoms with Crippen LogP contribution < -0.4 is 0 Å². The summed E-state index contributed by atoms with van der Waals surface area (Å²) >= 11 is 1.40. The SMILES string of the molecule is Cc1cc([O])ccc1C(=O)CCc1sc(-c2ccc(C(F)(F)F)cc2)nc1C(C)C. The van der Waals surface area contributed by atoms with E-state index < -0.39 is 11.7 Å². The van der Waals surface area contributed by atoms with Gasteiger partial charge in [0.15, 0.2) is 11.5 Å². The molecule has 3 rings (SSSR count). The highest BCUT2D eigenvalue weighted by Crippen LogP contribution is 2.35. The highest BCUT2D eigenvalue weighted by Gasteiger charge is 2.30. The molecule has 0 aliphatic rings. The second-order valence-electron chi connectivity index (χ2n) is 7.46. The highest BCUT2D eigenvalue weighted by atomic mass is 32.1. The second kappa shape index (κ2) is 8.60. The maximum absolute atomic E-state index is 12.8. The number of nitrogens with zero attached hydrogens (tertiary/aromatic N) is 1. The fourth-order valence-electron chi connectivity index (χ4n) is 3.23. The summed E-state index contributed by atoms with van der Waals surface area (Å²) in [4.78, 5) is 18.2. The molecule has 30 heavy (non-hydrogen) atoms. The average Bonchev–Trinajstić information content (AvgIpc) is 3.10. The Balaban J connectivity index is 1.81. The minimum atomic E-state index is -4.38. The normalized spacial score (nSPS) is 11.8. The Morgan fingerprint density at radius 1 is 1.10 bits per heavy atom. The van der Waals surface area contributed by atoms with E-state index in [0.717, 1.165) is 22.7 Å². The Morgan fingerprint density at radius 3 is 2.33 bits per heavy atom. The minimum Gasteiger partial charge on any atom is -0.294 e. The van der Waals surface area contributed by atoms with Crippen molar-refractivity contribution in [3.63, 3.8) is 0 Å². The lowest BCUT2D eigenvalue weighted by atomic mass is 9.99. The number of carbonyl (C=O) groups excluding carboxylic acids is 1. The molecule has 0 amide bonds. The van der Waals surface area contributed by atoms with Gasteiger partial charge in [-0.15, -0.1) is 11.3 Å². The Labute approximate surface area is 177 Å². The molecule has 0 fully saturated rings. The summed E-state index contributed by atoms with van der Waals surface area (Å²) in [5, 5.41) is 12.0. The van der Waals surface area contributed by atoms with Gasteiger partial charge < -0.3 is 0 Å². The molecule has 157 valence electrons. The van der Waals surface area contributed by atoms with Gasteiger partial charge >= 0.3 is 6.18 Å². The number of aryl methyl sites for hydroxylation is 2. The molecule has 0 aliphatic carbocycles. The lowest BCUT2D eigenvalue weighted by Gasteiger charge is -2.07. The van der Waals surface area contributed by atoms with Crippen LogP contribution in [0.3, 0.4) is 0 Å². The van der Waals surface area contributed by atoms with Crippen LogP contribution in [-0.4, -0.2) is 10.8 Å². The number of thiazole rings is 1. The molecule has 1 radical (unpaired) electrons. The first-order chi connectivity index (χ1) is 14.1. The highest BCUT2D eigenvalue weighted by molar-refractivity contribution is 7.15. The van der Waals surface area contributed by atoms with Gasteiger partial charge in [0.2, 0.25) is 0 Å². The molecule has 2 aromatic carbocycles. The van der Waals surface area contributed by atoms with Crippen molar-refractivity contribution in [2.75, 3.05) is 0 Å². The Hall–Kier alpha value is -2.67. The fraction of sp³-hybridized carbons (Fsp3) is 0.304. The number of aromatic nitrogens is 1. The van der Waals surface area contributed by atoms with Crippen LogP contribution in [0.1, 0.15) is 58.2 Å². The van der Waals surface area contributed by atoms with Gasteiger partial charge in [-0.3, -0.25) is 9.90 Å². The van der Waals surface area contributed by atoms with Crippen LogP contribution >= 0.6 is 11.3 Å². The molecular weight excluding hydrogens is 411 g/mol. The van der Waals surface area contributed by atoms with Crippen molar-refractivity contribution >= 4 is 17.1 Å². The van der Waals surface area contributed by atoms with Crippen LogP contribution in [0.5, 0.6) is 5.75 Å². The molecule has 1 heterocycles. The lowest BCUT2D eigenvalue weighted by Crippen LogP contribution is -2.04. The Morgan fingerprint density at radius 2 is 1.77 bits per heavy atom. The van der Waals surface area contributed by atoms with Crippen LogP contribution in [0.15, 0.2) is 42.5 Å². The number of alkyl halides is 3. The van der Waals surface area contributed by atoms with E-state index in [0.29, 0.717) is 28.1 Å². The van der Waals surface area contributed by atoms with Gasteiger partial charge in [0.05, 0.1) is 11.3 Å². The molecule has 1 aromatic heterocycles. The molecule has 0 saturated carbocycles. The van der Waals surface area contributed by atoms with E-state index in [1.807, 2.05) is 13.8 Å². The molecule has 0 aliphatic heterocycles. The van der Waals surface area contributed by atoms with Gasteiger partial charge in [0, 0.05) is 22.4 Å². The first-order valence-electron chi connectivity index (χ1n) is 9.54. The molecule has 0 unspecified atom stereocenters. The molecule has 0 bridgehead atoms. The first kappa shape index (κ1) is 22.0. The largest absolute Gasteiger partial charge is 0.416 e. The zero-order valence-corrected chi connectivity index (χ0v) is 17.7. The van der Waals surface area contributed by atoms with E-state index in [2.05, 4.69) is 4.98 Å². The quantitative estimate of drug-likeness (QED) is 0.386. The summed E-state index contributed by atoms with van der Waals surface area (Å²) in [6.45, 7) is 5.73. The van der Waals surface area contributed by atoms with E-state index >= 15 is 0 Å². The summed E-state index contributed by atoms with van der Waals surface area (Å²) in [5.74, 6) is -0.0579. The molecular formula is C23H21F3NO2S. The number of halogens is 3. The molecule has 0 N–H and O–H groups in total. The van der Waals surface area contributed by atoms with E-state index in [1.165, 1.54) is 35.6 Å². The van der Waals surface area contributed by atoms with E-state index in [9.17, 15) is 23.1 Å². The number of carbonyl (C=O) groups is 1. The minimum absolute atomic E-state index is 0.0494. The molecule has 7 heteroatoms. The van der Waals surface area contributed by atoms with Gasteiger partial charge in [-0.2, -0.15) is 13.2 Å². The number of Topliss-reactive ketones (excluding diaryl/α,β-unsaturated/α-hetero) is 1. The zero-order chi connectivity index (χ0) is 22.1. The standard InChI is InChI=1S/C23H21F3NO2S/c1-13(2)21-20(11-10-19(29)18-9-8-17(28)12-14(18)3)30-22(27-21)15-4-6-16(7-5-15)23(24,25)26/h4-9,12-13H,10-11H2,1-3H3. The van der Waals surface area contributed by atoms with Crippen LogP contribution in [0.4, 0.5) is 13.2 Å². The predicted octanol–water partition coefficient (Wildman–Crippen LogP) is 7.22. The van der Waals surface area contributed by atoms with Crippen LogP contribution in [0.25, 0.3) is 10.6 Å². The lowest BCUT2D eigenvalue weighted by molar-refractivity contribution is -0.137. The van der Waals surface area contributed by atoms with Gasteiger partial charge in [-0.1, -0.05) is 26.0 Å². The molecule has 0 spiro atoms. The van der Waals surface area contributed by atoms with E-state index in [4.69, 9.17) is 0 Å². The second-order valence-corrected chi connectivity index (χ2v) is 8.54. The van der Waals surface area contributed by atoms with E-state index in [-0.39, 0.29) is 23.9 Å². The first-order valence-corrected chi connectivity index (χ1v) is 10.4. The predicted molar refractivity (Wildman–Crippen MR) is 111 cm³/mol. The van der Waals surface area contributed by atoms with Crippen molar-refractivity contribution in [1.82, 2.24) is 4.98 Å². The summed E-state index contributed by atoms with van der Waals surface area (Å²) < 4.78 is 38.4. The van der Waals surface area contributed by atoms with Gasteiger partial charge in [0.25, 0.3) is 0 Å². The van der Waals surface area contributed by atoms with Gasteiger partial charge in [-0.25, -0.2) is 4.98 Å². The molecule has 3 aromatic rings. The van der Waals surface area contributed by atoms with Crippen molar-refractivity contribution in [3.05, 3.63) is 69.7 Å². The van der Waals surface area contributed by atoms with Crippen molar-refractivity contribution in [2.45, 2.75) is 45.7 Å². The zero-order valence-electron chi connectivity index (χ0n) is 16.8. The van der Waals surface area contributed by atoms with Crippen molar-refractivity contribution < 1.29 is 23.1 Å². The summed E-state index contributed by atoms with van der Waals surface area (Å²) in [6.07, 6.45) is -3.62. The van der Waals surface area contributed by atoms with Gasteiger partial charge in [-0.05, 0) is 55.2 Å². The number of hydrogen-bond donors (Lipinski definition) is 0. The molecule has 0 atom stereocenters. The third-order valence-electron chi connectivity index (χ3n) is 4.81. The smallest absolute Gasteiger partial charge is 0.294 e. The van der Waals surface area contributed by atoms with Crippen LogP contribution in [-0.2, 0) is 17.7 Å². The summed E-state index contributed by atoms with van der Waals surface area (Å²) in [6, 6.07) is 9.35. The van der Waals surface area contributed by atoms with Crippen molar-refractivity contribution in [1.29, 1.82) is 0 Å². The fourth-order valence-corrected chi connectivity index (χ4v) is 4.45. The third kappa shape index (κ3) is 4.90. The maximum Gasteiger partial charge on any atom is 0.416 e. The summed E-state index contributed by atoms with van der Waals surface area (Å²) in [5.41, 5.74) is 1.97. The van der Waals surface area contributed by atoms with Gasteiger partial charge in [0.1, 0.15) is 5.01 Å². The van der Waals surface area contributed by atoms with Crippen molar-refractivity contribution in [3.8, 4) is 16.3 Å². The topological polar surface area (TPSA) is 49.9 Å². The van der Waals surface area contributed by atoms with Crippen molar-refractivity contribution in [2.24, 2.45) is 0 Å². The monoisotopic (exact) mass is 432 g/mol. The maximum atomic E-state index is 12.8. The molecule has 0 saturated heterocycles.